The number of nitrogens with zero attached hydrogens (tertiary/aromatic N) is 1. The van der Waals surface area contributed by atoms with Gasteiger partial charge in [0.1, 0.15) is 0 Å². The first-order valence-corrected chi connectivity index (χ1v) is 9.96. The van der Waals surface area contributed by atoms with Gasteiger partial charge in [0, 0.05) is 42.1 Å². The van der Waals surface area contributed by atoms with Gasteiger partial charge in [-0.25, -0.2) is 0 Å². The van der Waals surface area contributed by atoms with E-state index >= 15 is 0 Å². The summed E-state index contributed by atoms with van der Waals surface area (Å²) in [5, 5.41) is 5.93. The number of amides is 2. The van der Waals surface area contributed by atoms with Crippen molar-refractivity contribution in [3.05, 3.63) is 53.7 Å². The van der Waals surface area contributed by atoms with Gasteiger partial charge in [0.25, 0.3) is 11.8 Å². The second-order valence-electron chi connectivity index (χ2n) is 7.45. The van der Waals surface area contributed by atoms with Gasteiger partial charge in [0.15, 0.2) is 0 Å². The molecule has 1 aromatic heterocycles. The average Bonchev–Trinajstić information content (AvgIpc) is 3.57. The van der Waals surface area contributed by atoms with E-state index in [2.05, 4.69) is 15.6 Å². The smallest absolute Gasteiger partial charge is 0.251 e. The lowest BCUT2D eigenvalue weighted by atomic mass is 10.1. The Labute approximate surface area is 164 Å². The minimum absolute atomic E-state index is 0.0629. The highest BCUT2D eigenvalue weighted by Crippen LogP contribution is 2.21. The van der Waals surface area contributed by atoms with Crippen molar-refractivity contribution >= 4 is 11.8 Å². The Morgan fingerprint density at radius 1 is 1.00 bits per heavy atom. The molecule has 4 rings (SSSR count). The fourth-order valence-electron chi connectivity index (χ4n) is 3.30. The lowest BCUT2D eigenvalue weighted by Crippen LogP contribution is -2.35. The summed E-state index contributed by atoms with van der Waals surface area (Å²) >= 11 is 0. The molecule has 0 spiro atoms. The van der Waals surface area contributed by atoms with Crippen molar-refractivity contribution in [3.8, 4) is 11.3 Å². The third kappa shape index (κ3) is 4.75. The molecule has 2 N–H and O–H groups in total. The Morgan fingerprint density at radius 2 is 1.82 bits per heavy atom. The molecule has 1 aliphatic heterocycles. The maximum absolute atomic E-state index is 12.4. The summed E-state index contributed by atoms with van der Waals surface area (Å²) in [5.41, 5.74) is 2.78. The second-order valence-corrected chi connectivity index (χ2v) is 7.45. The predicted molar refractivity (Wildman–Crippen MR) is 106 cm³/mol. The van der Waals surface area contributed by atoms with Crippen LogP contribution in [0.4, 0.5) is 0 Å². The topological polar surface area (TPSA) is 80.3 Å². The van der Waals surface area contributed by atoms with Crippen LogP contribution in [0.15, 0.2) is 42.6 Å². The van der Waals surface area contributed by atoms with Gasteiger partial charge >= 0.3 is 0 Å². The van der Waals surface area contributed by atoms with Gasteiger partial charge in [-0.15, -0.1) is 0 Å². The first-order chi connectivity index (χ1) is 13.7. The van der Waals surface area contributed by atoms with Gasteiger partial charge in [-0.05, 0) is 56.4 Å². The number of benzene rings is 1. The third-order valence-corrected chi connectivity index (χ3v) is 5.14. The molecule has 2 fully saturated rings. The van der Waals surface area contributed by atoms with Crippen LogP contribution in [0.2, 0.25) is 0 Å². The van der Waals surface area contributed by atoms with Gasteiger partial charge in [0.2, 0.25) is 0 Å². The van der Waals surface area contributed by atoms with Crippen molar-refractivity contribution in [3.63, 3.8) is 0 Å². The molecule has 2 amide bonds. The molecular formula is C22H25N3O3. The third-order valence-electron chi connectivity index (χ3n) is 5.14. The highest BCUT2D eigenvalue weighted by atomic mass is 16.5. The van der Waals surface area contributed by atoms with E-state index in [1.165, 1.54) is 0 Å². The number of carbonyl (C=O) groups is 2. The largest absolute Gasteiger partial charge is 0.376 e. The molecule has 2 aromatic rings. The molecule has 1 atom stereocenters. The van der Waals surface area contributed by atoms with E-state index in [1.54, 1.807) is 30.5 Å². The molecule has 0 bridgehead atoms. The summed E-state index contributed by atoms with van der Waals surface area (Å²) in [6.45, 7) is 1.32. The van der Waals surface area contributed by atoms with Crippen LogP contribution >= 0.6 is 0 Å². The number of pyridine rings is 1. The van der Waals surface area contributed by atoms with E-state index in [0.29, 0.717) is 29.4 Å². The van der Waals surface area contributed by atoms with Crippen LogP contribution in [0.3, 0.4) is 0 Å². The molecule has 6 nitrogen and oxygen atoms in total. The molecule has 1 unspecified atom stereocenters. The minimum Gasteiger partial charge on any atom is -0.376 e. The fraction of sp³-hybridized carbons (Fsp3) is 0.409. The zero-order chi connectivity index (χ0) is 19.3. The number of nitrogens with one attached hydrogen (secondary N) is 2. The fourth-order valence-corrected chi connectivity index (χ4v) is 3.30. The summed E-state index contributed by atoms with van der Waals surface area (Å²) < 4.78 is 5.64. The van der Waals surface area contributed by atoms with E-state index in [9.17, 15) is 9.59 Å². The molecule has 2 aliphatic rings. The van der Waals surface area contributed by atoms with Crippen LogP contribution < -0.4 is 10.6 Å². The van der Waals surface area contributed by atoms with Crippen LogP contribution in [0.5, 0.6) is 0 Å². The van der Waals surface area contributed by atoms with Crippen LogP contribution in [-0.4, -0.2) is 42.1 Å². The number of ether oxygens (including phenoxy) is 1. The molecule has 1 aromatic carbocycles. The standard InChI is InChI=1S/C22H25N3O3/c26-21(24-14-19-3-1-2-12-28-19)16-6-4-15(5-7-16)20-13-17(10-11-23-20)22(27)25-18-8-9-18/h4-7,10-11,13,18-19H,1-3,8-9,12,14H2,(H,24,26)(H,25,27). The molecule has 2 heterocycles. The summed E-state index contributed by atoms with van der Waals surface area (Å²) in [6, 6.07) is 11.1. The van der Waals surface area contributed by atoms with Crippen LogP contribution in [0, 0.1) is 0 Å². The normalized spacial score (nSPS) is 19.1. The van der Waals surface area contributed by atoms with Gasteiger partial charge in [-0.3, -0.25) is 14.6 Å². The van der Waals surface area contributed by atoms with Crippen molar-refractivity contribution in [2.45, 2.75) is 44.2 Å². The van der Waals surface area contributed by atoms with Crippen molar-refractivity contribution in [2.75, 3.05) is 13.2 Å². The zero-order valence-corrected chi connectivity index (χ0v) is 15.8. The van der Waals surface area contributed by atoms with Crippen LogP contribution in [0.25, 0.3) is 11.3 Å². The Hall–Kier alpha value is -2.73. The molecule has 6 heteroatoms. The van der Waals surface area contributed by atoms with Crippen molar-refractivity contribution < 1.29 is 14.3 Å². The molecule has 0 radical (unpaired) electrons. The highest BCUT2D eigenvalue weighted by Gasteiger charge is 2.24. The van der Waals surface area contributed by atoms with Gasteiger partial charge in [-0.2, -0.15) is 0 Å². The summed E-state index contributed by atoms with van der Waals surface area (Å²) in [4.78, 5) is 28.9. The molecule has 28 heavy (non-hydrogen) atoms. The van der Waals surface area contributed by atoms with E-state index < -0.39 is 0 Å². The van der Waals surface area contributed by atoms with E-state index in [1.807, 2.05) is 12.1 Å². The zero-order valence-electron chi connectivity index (χ0n) is 15.8. The van der Waals surface area contributed by atoms with Crippen LogP contribution in [-0.2, 0) is 4.74 Å². The predicted octanol–water partition coefficient (Wildman–Crippen LogP) is 2.94. The number of hydrogen-bond acceptors (Lipinski definition) is 4. The quantitative estimate of drug-likeness (QED) is 0.809. The van der Waals surface area contributed by atoms with E-state index in [0.717, 1.165) is 44.3 Å². The molecule has 1 saturated heterocycles. The van der Waals surface area contributed by atoms with Crippen molar-refractivity contribution in [1.29, 1.82) is 0 Å². The summed E-state index contributed by atoms with van der Waals surface area (Å²) in [7, 11) is 0. The Bertz CT molecular complexity index is 840. The summed E-state index contributed by atoms with van der Waals surface area (Å²) in [5.74, 6) is -0.168. The maximum Gasteiger partial charge on any atom is 0.251 e. The lowest BCUT2D eigenvalue weighted by molar-refractivity contribution is 0.0169. The minimum atomic E-state index is -0.105. The monoisotopic (exact) mass is 379 g/mol. The van der Waals surface area contributed by atoms with E-state index in [4.69, 9.17) is 4.74 Å². The average molecular weight is 379 g/mol. The Morgan fingerprint density at radius 3 is 2.54 bits per heavy atom. The van der Waals surface area contributed by atoms with Gasteiger partial charge in [0.05, 0.1) is 11.8 Å². The summed E-state index contributed by atoms with van der Waals surface area (Å²) in [6.07, 6.45) is 7.12. The Balaban J connectivity index is 1.38. The first-order valence-electron chi connectivity index (χ1n) is 9.96. The number of aromatic nitrogens is 1. The molecular weight excluding hydrogens is 354 g/mol. The Kier molecular flexibility index (Phi) is 5.67. The number of rotatable bonds is 6. The molecule has 1 saturated carbocycles. The van der Waals surface area contributed by atoms with Gasteiger partial charge < -0.3 is 15.4 Å². The number of hydrogen-bond donors (Lipinski definition) is 2. The SMILES string of the molecule is O=C(NCC1CCCCO1)c1ccc(-c2cc(C(=O)NC3CC3)ccn2)cc1. The molecule has 1 aliphatic carbocycles. The van der Waals surface area contributed by atoms with Gasteiger partial charge in [-0.1, -0.05) is 12.1 Å². The van der Waals surface area contributed by atoms with Crippen LogP contribution in [0.1, 0.15) is 52.8 Å². The first kappa shape index (κ1) is 18.6. The lowest BCUT2D eigenvalue weighted by Gasteiger charge is -2.22. The highest BCUT2D eigenvalue weighted by molar-refractivity contribution is 5.96. The van der Waals surface area contributed by atoms with Crippen molar-refractivity contribution in [1.82, 2.24) is 15.6 Å². The maximum atomic E-state index is 12.4. The second kappa shape index (κ2) is 8.52. The molecule has 146 valence electrons. The van der Waals surface area contributed by atoms with E-state index in [-0.39, 0.29) is 17.9 Å². The number of carbonyl (C=O) groups excluding carboxylic acids is 2. The van der Waals surface area contributed by atoms with Crippen molar-refractivity contribution in [2.24, 2.45) is 0 Å².